The molecule has 3 rings (SSSR count). The van der Waals surface area contributed by atoms with E-state index < -0.39 is 17.6 Å². The van der Waals surface area contributed by atoms with E-state index in [1.54, 1.807) is 6.92 Å². The first-order valence-electron chi connectivity index (χ1n) is 10.5. The number of carbonyl (C=O) groups excluding carboxylic acids is 2. The molecule has 0 bridgehead atoms. The molecule has 0 heterocycles. The zero-order valence-corrected chi connectivity index (χ0v) is 17.8. The Labute approximate surface area is 181 Å². The normalized spacial score (nSPS) is 14.1. The summed E-state index contributed by atoms with van der Waals surface area (Å²) in [5.74, 6) is -1.44. The van der Waals surface area contributed by atoms with Crippen LogP contribution in [-0.2, 0) is 14.3 Å². The number of alkyl carbamates (subject to hydrolysis) is 1. The van der Waals surface area contributed by atoms with E-state index in [9.17, 15) is 19.5 Å². The number of fused-ring (bicyclic) bond motifs is 3. The number of hydrogen-bond acceptors (Lipinski definition) is 4. The van der Waals surface area contributed by atoms with Gasteiger partial charge in [0.15, 0.2) is 0 Å². The van der Waals surface area contributed by atoms with E-state index in [2.05, 4.69) is 34.9 Å². The molecule has 0 spiro atoms. The van der Waals surface area contributed by atoms with Crippen molar-refractivity contribution in [1.29, 1.82) is 0 Å². The second-order valence-corrected chi connectivity index (χ2v) is 7.89. The molecule has 3 N–H and O–H groups in total. The lowest BCUT2D eigenvalue weighted by Crippen LogP contribution is -2.51. The largest absolute Gasteiger partial charge is 0.480 e. The van der Waals surface area contributed by atoms with Crippen molar-refractivity contribution in [2.45, 2.75) is 44.6 Å². The second-order valence-electron chi connectivity index (χ2n) is 7.89. The number of rotatable bonds is 9. The minimum atomic E-state index is -1.28. The van der Waals surface area contributed by atoms with Gasteiger partial charge in [0.05, 0.1) is 0 Å². The van der Waals surface area contributed by atoms with Crippen LogP contribution in [0.3, 0.4) is 0 Å². The van der Waals surface area contributed by atoms with Crippen LogP contribution in [0.4, 0.5) is 4.79 Å². The predicted octanol–water partition coefficient (Wildman–Crippen LogP) is 3.67. The Morgan fingerprint density at radius 1 is 1.03 bits per heavy atom. The molecule has 0 fully saturated rings. The van der Waals surface area contributed by atoms with E-state index in [0.717, 1.165) is 11.1 Å². The maximum Gasteiger partial charge on any atom is 0.407 e. The lowest BCUT2D eigenvalue weighted by atomic mass is 9.98. The van der Waals surface area contributed by atoms with Gasteiger partial charge in [0, 0.05) is 18.9 Å². The average molecular weight is 424 g/mol. The predicted molar refractivity (Wildman–Crippen MR) is 117 cm³/mol. The fourth-order valence-corrected chi connectivity index (χ4v) is 3.75. The fourth-order valence-electron chi connectivity index (χ4n) is 3.75. The molecule has 1 unspecified atom stereocenters. The van der Waals surface area contributed by atoms with E-state index in [0.29, 0.717) is 6.42 Å². The van der Waals surface area contributed by atoms with Gasteiger partial charge < -0.3 is 20.5 Å². The van der Waals surface area contributed by atoms with Crippen molar-refractivity contribution in [2.24, 2.45) is 0 Å². The van der Waals surface area contributed by atoms with Crippen LogP contribution in [0.15, 0.2) is 48.5 Å². The van der Waals surface area contributed by atoms with Crippen LogP contribution in [-0.4, -0.2) is 41.8 Å². The van der Waals surface area contributed by atoms with Crippen molar-refractivity contribution >= 4 is 18.0 Å². The number of amides is 2. The molecule has 7 heteroatoms. The number of carboxylic acid groups (broad SMARTS) is 1. The van der Waals surface area contributed by atoms with E-state index >= 15 is 0 Å². The zero-order valence-electron chi connectivity index (χ0n) is 17.8. The summed E-state index contributed by atoms with van der Waals surface area (Å²) in [6, 6.07) is 16.2. The summed E-state index contributed by atoms with van der Waals surface area (Å²) in [4.78, 5) is 35.4. The Hall–Kier alpha value is -3.35. The summed E-state index contributed by atoms with van der Waals surface area (Å²) >= 11 is 0. The number of carbonyl (C=O) groups is 3. The van der Waals surface area contributed by atoms with Gasteiger partial charge in [0.25, 0.3) is 0 Å². The molecule has 2 aromatic rings. The van der Waals surface area contributed by atoms with Crippen molar-refractivity contribution in [2.75, 3.05) is 13.2 Å². The first-order chi connectivity index (χ1) is 14.9. The van der Waals surface area contributed by atoms with Crippen LogP contribution >= 0.6 is 0 Å². The smallest absolute Gasteiger partial charge is 0.407 e. The SMILES string of the molecule is CCC(C)(NC(=O)CCCNC(=O)OCC1c2ccccc2-c2ccccc21)C(=O)O. The third kappa shape index (κ3) is 5.05. The van der Waals surface area contributed by atoms with Crippen LogP contribution in [0.25, 0.3) is 11.1 Å². The lowest BCUT2D eigenvalue weighted by Gasteiger charge is -2.24. The number of ether oxygens (including phenoxy) is 1. The maximum absolute atomic E-state index is 12.1. The molecule has 1 atom stereocenters. The molecule has 31 heavy (non-hydrogen) atoms. The van der Waals surface area contributed by atoms with Crippen molar-refractivity contribution in [3.63, 3.8) is 0 Å². The van der Waals surface area contributed by atoms with Crippen LogP contribution in [0.1, 0.15) is 50.2 Å². The van der Waals surface area contributed by atoms with Gasteiger partial charge >= 0.3 is 12.1 Å². The summed E-state index contributed by atoms with van der Waals surface area (Å²) in [5, 5.41) is 14.4. The third-order valence-electron chi connectivity index (χ3n) is 5.79. The van der Waals surface area contributed by atoms with Crippen LogP contribution in [0.2, 0.25) is 0 Å². The molecule has 0 saturated heterocycles. The number of benzene rings is 2. The standard InChI is InChI=1S/C24H28N2O5/c1-3-24(2,22(28)29)26-21(27)13-8-14-25-23(30)31-15-20-18-11-6-4-9-16(18)17-10-5-7-12-19(17)20/h4-7,9-12,20H,3,8,13-15H2,1-2H3,(H,25,30)(H,26,27)(H,28,29). The number of aliphatic carboxylic acids is 1. The molecule has 2 aromatic carbocycles. The molecular weight excluding hydrogens is 396 g/mol. The second kappa shape index (κ2) is 9.64. The first-order valence-corrected chi connectivity index (χ1v) is 10.5. The quantitative estimate of drug-likeness (QED) is 0.533. The molecule has 1 aliphatic rings. The summed E-state index contributed by atoms with van der Waals surface area (Å²) in [7, 11) is 0. The molecular formula is C24H28N2O5. The Bertz CT molecular complexity index is 928. The molecule has 0 saturated carbocycles. The third-order valence-corrected chi connectivity index (χ3v) is 5.79. The van der Waals surface area contributed by atoms with Gasteiger partial charge in [-0.05, 0) is 42.0 Å². The van der Waals surface area contributed by atoms with Crippen molar-refractivity contribution in [3.8, 4) is 11.1 Å². The van der Waals surface area contributed by atoms with Crippen LogP contribution < -0.4 is 10.6 Å². The van der Waals surface area contributed by atoms with Crippen molar-refractivity contribution in [3.05, 3.63) is 59.7 Å². The lowest BCUT2D eigenvalue weighted by molar-refractivity contribution is -0.147. The minimum absolute atomic E-state index is 0.00772. The molecule has 2 amide bonds. The Balaban J connectivity index is 1.44. The summed E-state index contributed by atoms with van der Waals surface area (Å²) in [6.45, 7) is 3.67. The van der Waals surface area contributed by atoms with Gasteiger partial charge in [-0.1, -0.05) is 55.5 Å². The molecule has 164 valence electrons. The minimum Gasteiger partial charge on any atom is -0.480 e. The van der Waals surface area contributed by atoms with Gasteiger partial charge in [0.1, 0.15) is 12.1 Å². The van der Waals surface area contributed by atoms with Gasteiger partial charge in [-0.3, -0.25) is 4.79 Å². The van der Waals surface area contributed by atoms with E-state index in [-0.39, 0.29) is 37.8 Å². The monoisotopic (exact) mass is 424 g/mol. The highest BCUT2D eigenvalue weighted by molar-refractivity contribution is 5.86. The Kier molecular flexibility index (Phi) is 6.95. The highest BCUT2D eigenvalue weighted by atomic mass is 16.5. The van der Waals surface area contributed by atoms with Gasteiger partial charge in [-0.15, -0.1) is 0 Å². The van der Waals surface area contributed by atoms with Gasteiger partial charge in [-0.25, -0.2) is 9.59 Å². The highest BCUT2D eigenvalue weighted by Gasteiger charge is 2.32. The van der Waals surface area contributed by atoms with E-state index in [1.165, 1.54) is 18.1 Å². The zero-order chi connectivity index (χ0) is 22.4. The van der Waals surface area contributed by atoms with E-state index in [1.807, 2.05) is 24.3 Å². The van der Waals surface area contributed by atoms with Gasteiger partial charge in [0.2, 0.25) is 5.91 Å². The topological polar surface area (TPSA) is 105 Å². The molecule has 0 aliphatic heterocycles. The van der Waals surface area contributed by atoms with Crippen LogP contribution in [0.5, 0.6) is 0 Å². The summed E-state index contributed by atoms with van der Waals surface area (Å²) < 4.78 is 5.45. The molecule has 0 radical (unpaired) electrons. The van der Waals surface area contributed by atoms with Crippen molar-refractivity contribution in [1.82, 2.24) is 10.6 Å². The van der Waals surface area contributed by atoms with E-state index in [4.69, 9.17) is 4.74 Å². The Morgan fingerprint density at radius 2 is 1.61 bits per heavy atom. The summed E-state index contributed by atoms with van der Waals surface area (Å²) in [6.07, 6.45) is 0.250. The average Bonchev–Trinajstić information content (AvgIpc) is 3.09. The number of carboxylic acids is 1. The number of hydrogen-bond donors (Lipinski definition) is 3. The van der Waals surface area contributed by atoms with Crippen LogP contribution in [0, 0.1) is 0 Å². The number of nitrogens with one attached hydrogen (secondary N) is 2. The molecule has 0 aromatic heterocycles. The molecule has 1 aliphatic carbocycles. The first kappa shape index (κ1) is 22.3. The highest BCUT2D eigenvalue weighted by Crippen LogP contribution is 2.44. The molecule has 7 nitrogen and oxygen atoms in total. The van der Waals surface area contributed by atoms with Gasteiger partial charge in [-0.2, -0.15) is 0 Å². The van der Waals surface area contributed by atoms with Crippen molar-refractivity contribution < 1.29 is 24.2 Å². The summed E-state index contributed by atoms with van der Waals surface area (Å²) in [5.41, 5.74) is 3.34. The fraction of sp³-hybridized carbons (Fsp3) is 0.375. The Morgan fingerprint density at radius 3 is 2.16 bits per heavy atom. The maximum atomic E-state index is 12.1.